The Morgan fingerprint density at radius 2 is 1.68 bits per heavy atom. The number of rotatable bonds is 6. The molecule has 0 spiro atoms. The summed E-state index contributed by atoms with van der Waals surface area (Å²) in [5, 5.41) is -0.735. The first-order chi connectivity index (χ1) is 13.3. The Morgan fingerprint density at radius 3 is 2.21 bits per heavy atom. The van der Waals surface area contributed by atoms with Gasteiger partial charge in [0.05, 0.1) is 19.9 Å². The number of hydrogen-bond donors (Lipinski definition) is 0. The Hall–Kier alpha value is -2.25. The third-order valence-electron chi connectivity index (χ3n) is 4.96. The molecule has 1 unspecified atom stereocenters. The molecule has 1 aliphatic rings. The van der Waals surface area contributed by atoms with Crippen LogP contribution in [0.5, 0.6) is 0 Å². The van der Waals surface area contributed by atoms with Gasteiger partial charge in [-0.1, -0.05) is 42.0 Å². The van der Waals surface area contributed by atoms with Crippen molar-refractivity contribution in [1.29, 1.82) is 0 Å². The van der Waals surface area contributed by atoms with E-state index in [1.54, 1.807) is 42.5 Å². The Kier molecular flexibility index (Phi) is 5.86. The largest absolute Gasteiger partial charge is 0.300 e. The van der Waals surface area contributed by atoms with E-state index in [4.69, 9.17) is 0 Å². The Morgan fingerprint density at radius 1 is 1.04 bits per heavy atom. The van der Waals surface area contributed by atoms with Gasteiger partial charge in [-0.25, -0.2) is 4.21 Å². The number of nitrogens with zero attached hydrogens (tertiary/aromatic N) is 1. The summed E-state index contributed by atoms with van der Waals surface area (Å²) >= 11 is 0. The molecule has 0 radical (unpaired) electrons. The first-order valence-corrected chi connectivity index (χ1v) is 12.1. The van der Waals surface area contributed by atoms with Gasteiger partial charge in [-0.15, -0.1) is 10.3 Å². The SMILES string of the molecule is C=C[C@H]([C@H]1CCC(=O)C1)S(=O)(=NS(=O)(=O)c1ccc(C)cc1)c1ccccc1. The van der Waals surface area contributed by atoms with Crippen LogP contribution in [0.1, 0.15) is 24.8 Å². The lowest BCUT2D eigenvalue weighted by Gasteiger charge is -2.23. The molecular weight excluding hydrogens is 394 g/mol. The molecule has 5 nitrogen and oxygen atoms in total. The molecule has 3 atom stereocenters. The van der Waals surface area contributed by atoms with Crippen LogP contribution in [-0.2, 0) is 24.5 Å². The topological polar surface area (TPSA) is 80.6 Å². The van der Waals surface area contributed by atoms with Crippen LogP contribution in [0.2, 0.25) is 0 Å². The van der Waals surface area contributed by atoms with E-state index in [1.807, 2.05) is 6.92 Å². The maximum Gasteiger partial charge on any atom is 0.290 e. The van der Waals surface area contributed by atoms with Gasteiger partial charge in [0.15, 0.2) is 0 Å². The van der Waals surface area contributed by atoms with Crippen LogP contribution in [0.15, 0.2) is 80.8 Å². The fourth-order valence-electron chi connectivity index (χ4n) is 3.47. The average Bonchev–Trinajstić information content (AvgIpc) is 3.09. The first-order valence-electron chi connectivity index (χ1n) is 9.04. The second kappa shape index (κ2) is 8.01. The smallest absolute Gasteiger partial charge is 0.290 e. The molecule has 0 amide bonds. The van der Waals surface area contributed by atoms with Crippen LogP contribution in [0, 0.1) is 12.8 Å². The van der Waals surface area contributed by atoms with Crippen molar-refractivity contribution in [3.05, 3.63) is 72.8 Å². The zero-order chi connectivity index (χ0) is 20.4. The highest BCUT2D eigenvalue weighted by molar-refractivity contribution is 8.03. The maximum atomic E-state index is 14.1. The molecule has 0 aromatic heterocycles. The van der Waals surface area contributed by atoms with Crippen molar-refractivity contribution in [3.8, 4) is 0 Å². The standard InChI is InChI=1S/C21H23NO4S2/c1-3-21(17-11-12-18(23)15-17)27(24,19-7-5-4-6-8-19)22-28(25,26)20-13-9-16(2)10-14-20/h3-10,13-14,17,21H,1,11-12,15H2,2H3/t17-,21+,27?/m0/s1. The molecule has 3 rings (SSSR count). The van der Waals surface area contributed by atoms with Gasteiger partial charge < -0.3 is 0 Å². The van der Waals surface area contributed by atoms with E-state index >= 15 is 0 Å². The van der Waals surface area contributed by atoms with Gasteiger partial charge in [0.1, 0.15) is 5.78 Å². The van der Waals surface area contributed by atoms with Crippen molar-refractivity contribution in [2.24, 2.45) is 9.69 Å². The molecule has 2 aromatic rings. The van der Waals surface area contributed by atoms with Crippen LogP contribution >= 0.6 is 0 Å². The number of carbonyl (C=O) groups excluding carboxylic acids is 1. The number of benzene rings is 2. The van der Waals surface area contributed by atoms with Gasteiger partial charge in [0.25, 0.3) is 10.0 Å². The molecule has 148 valence electrons. The van der Waals surface area contributed by atoms with Gasteiger partial charge in [-0.2, -0.15) is 8.42 Å². The predicted octanol–water partition coefficient (Wildman–Crippen LogP) is 4.13. The van der Waals surface area contributed by atoms with Crippen molar-refractivity contribution in [2.75, 3.05) is 0 Å². The minimum atomic E-state index is -4.16. The molecule has 1 saturated carbocycles. The molecule has 1 aliphatic carbocycles. The first kappa shape index (κ1) is 20.5. The Labute approximate surface area is 166 Å². The highest BCUT2D eigenvalue weighted by Gasteiger charge is 2.37. The second-order valence-corrected chi connectivity index (χ2v) is 11.2. The van der Waals surface area contributed by atoms with Crippen LogP contribution in [0.25, 0.3) is 0 Å². The van der Waals surface area contributed by atoms with Gasteiger partial charge in [0.2, 0.25) is 0 Å². The second-order valence-electron chi connectivity index (χ2n) is 6.99. The zero-order valence-corrected chi connectivity index (χ0v) is 17.3. The van der Waals surface area contributed by atoms with E-state index in [-0.39, 0.29) is 23.0 Å². The summed E-state index contributed by atoms with van der Waals surface area (Å²) in [5.41, 5.74) is 0.913. The minimum absolute atomic E-state index is 0.00735. The molecule has 0 saturated heterocycles. The van der Waals surface area contributed by atoms with Crippen LogP contribution in [0.3, 0.4) is 0 Å². The van der Waals surface area contributed by atoms with Gasteiger partial charge >= 0.3 is 0 Å². The number of hydrogen-bond acceptors (Lipinski definition) is 4. The molecule has 1 fully saturated rings. The van der Waals surface area contributed by atoms with E-state index < -0.39 is 25.0 Å². The quantitative estimate of drug-likeness (QED) is 0.662. The molecule has 0 heterocycles. The molecule has 28 heavy (non-hydrogen) atoms. The summed E-state index contributed by atoms with van der Waals surface area (Å²) in [6, 6.07) is 14.7. The number of Topliss-reactive ketones (excluding diaryl/α,β-unsaturated/α-hetero) is 1. The lowest BCUT2D eigenvalue weighted by atomic mass is 10.0. The van der Waals surface area contributed by atoms with Crippen molar-refractivity contribution in [3.63, 3.8) is 0 Å². The average molecular weight is 418 g/mol. The summed E-state index contributed by atoms with van der Waals surface area (Å²) in [6.07, 6.45) is 2.72. The fraction of sp³-hybridized carbons (Fsp3) is 0.286. The van der Waals surface area contributed by atoms with Gasteiger partial charge in [-0.3, -0.25) is 4.79 Å². The molecule has 2 aromatic carbocycles. The van der Waals surface area contributed by atoms with Crippen molar-refractivity contribution < 1.29 is 17.4 Å². The monoisotopic (exact) mass is 417 g/mol. The van der Waals surface area contributed by atoms with E-state index in [0.29, 0.717) is 17.7 Å². The lowest BCUT2D eigenvalue weighted by Crippen LogP contribution is -2.27. The number of sulfonamides is 1. The van der Waals surface area contributed by atoms with E-state index in [2.05, 4.69) is 10.3 Å². The van der Waals surface area contributed by atoms with Crippen LogP contribution < -0.4 is 0 Å². The summed E-state index contributed by atoms with van der Waals surface area (Å²) in [5.74, 6) is -0.150. The molecule has 0 N–H and O–H groups in total. The zero-order valence-electron chi connectivity index (χ0n) is 15.7. The number of carbonyl (C=O) groups is 1. The highest BCUT2D eigenvalue weighted by Crippen LogP contribution is 2.35. The van der Waals surface area contributed by atoms with Crippen LogP contribution in [-0.4, -0.2) is 23.7 Å². The van der Waals surface area contributed by atoms with E-state index in [0.717, 1.165) is 5.56 Å². The normalized spacial score (nSPS) is 20.3. The van der Waals surface area contributed by atoms with Gasteiger partial charge in [0, 0.05) is 17.7 Å². The van der Waals surface area contributed by atoms with E-state index in [9.17, 15) is 17.4 Å². The highest BCUT2D eigenvalue weighted by atomic mass is 32.3. The molecule has 7 heteroatoms. The predicted molar refractivity (Wildman–Crippen MR) is 110 cm³/mol. The summed E-state index contributed by atoms with van der Waals surface area (Å²) < 4.78 is 44.1. The molecule has 0 bridgehead atoms. The van der Waals surface area contributed by atoms with Crippen LogP contribution in [0.4, 0.5) is 0 Å². The van der Waals surface area contributed by atoms with E-state index in [1.165, 1.54) is 18.2 Å². The van der Waals surface area contributed by atoms with Crippen molar-refractivity contribution in [1.82, 2.24) is 0 Å². The summed E-state index contributed by atoms with van der Waals surface area (Å²) in [6.45, 7) is 5.64. The fourth-order valence-corrected chi connectivity index (χ4v) is 8.08. The minimum Gasteiger partial charge on any atom is -0.300 e. The maximum absolute atomic E-state index is 14.1. The third kappa shape index (κ3) is 4.10. The summed E-state index contributed by atoms with van der Waals surface area (Å²) in [7, 11) is -7.58. The third-order valence-corrected chi connectivity index (χ3v) is 9.76. The van der Waals surface area contributed by atoms with Gasteiger partial charge in [-0.05, 0) is 43.5 Å². The summed E-state index contributed by atoms with van der Waals surface area (Å²) in [4.78, 5) is 12.1. The molecular formula is C21H23NO4S2. The number of aryl methyl sites for hydroxylation is 1. The number of ketones is 1. The Bertz CT molecular complexity index is 1100. The van der Waals surface area contributed by atoms with Crippen molar-refractivity contribution >= 4 is 25.5 Å². The van der Waals surface area contributed by atoms with Crippen molar-refractivity contribution in [2.45, 2.75) is 41.2 Å². The Balaban J connectivity index is 2.20. The molecule has 0 aliphatic heterocycles. The lowest BCUT2D eigenvalue weighted by molar-refractivity contribution is -0.117.